The van der Waals surface area contributed by atoms with E-state index in [-0.39, 0.29) is 5.30 Å². The molecule has 0 saturated carbocycles. The molecule has 0 atom stereocenters. The monoisotopic (exact) mass is 252 g/mol. The molecule has 0 aliphatic rings. The number of hydrogen-bond acceptors (Lipinski definition) is 0. The van der Waals surface area contributed by atoms with Gasteiger partial charge < -0.3 is 0 Å². The fraction of sp³-hybridized carbons (Fsp3) is 0.250. The number of rotatable bonds is 1. The summed E-state index contributed by atoms with van der Waals surface area (Å²) >= 11 is 3.02. The molecule has 1 rings (SSSR count). The maximum atomic E-state index is 13.1. The molecule has 0 radical (unpaired) electrons. The van der Waals surface area contributed by atoms with Crippen LogP contribution < -0.4 is 5.30 Å². The average molecular weight is 253 g/mol. The van der Waals surface area contributed by atoms with Crippen molar-refractivity contribution in [3.8, 4) is 0 Å². The molecule has 1 aromatic carbocycles. The van der Waals surface area contributed by atoms with E-state index in [1.54, 1.807) is 0 Å². The van der Waals surface area contributed by atoms with Crippen LogP contribution in [0, 0.1) is 11.6 Å². The second-order valence-electron chi connectivity index (χ2n) is 2.61. The SMILES string of the molecule is CP(C)c1c(F)cc(Br)cc1F. The van der Waals surface area contributed by atoms with Crippen molar-refractivity contribution >= 4 is 29.2 Å². The van der Waals surface area contributed by atoms with E-state index in [2.05, 4.69) is 15.9 Å². The van der Waals surface area contributed by atoms with E-state index in [0.717, 1.165) is 0 Å². The van der Waals surface area contributed by atoms with Gasteiger partial charge in [0.1, 0.15) is 11.6 Å². The van der Waals surface area contributed by atoms with Gasteiger partial charge in [0.05, 0.1) is 0 Å². The summed E-state index contributed by atoms with van der Waals surface area (Å²) in [5.41, 5.74) is 0. The lowest BCUT2D eigenvalue weighted by molar-refractivity contribution is 0.597. The third kappa shape index (κ3) is 2.02. The molecule has 0 amide bonds. The van der Waals surface area contributed by atoms with Gasteiger partial charge in [-0.1, -0.05) is 23.9 Å². The molecule has 66 valence electrons. The van der Waals surface area contributed by atoms with Crippen LogP contribution in [0.15, 0.2) is 16.6 Å². The molecule has 0 bridgehead atoms. The first-order valence-electron chi connectivity index (χ1n) is 3.34. The van der Waals surface area contributed by atoms with Crippen molar-refractivity contribution in [1.29, 1.82) is 0 Å². The Balaban J connectivity index is 3.28. The van der Waals surface area contributed by atoms with Crippen molar-refractivity contribution in [3.63, 3.8) is 0 Å². The molecule has 0 unspecified atom stereocenters. The Bertz CT molecular complexity index is 276. The van der Waals surface area contributed by atoms with E-state index in [4.69, 9.17) is 0 Å². The van der Waals surface area contributed by atoms with Gasteiger partial charge in [-0.3, -0.25) is 0 Å². The molecule has 0 N–H and O–H groups in total. The average Bonchev–Trinajstić information content (AvgIpc) is 1.82. The van der Waals surface area contributed by atoms with Crippen LogP contribution in [-0.2, 0) is 0 Å². The molecule has 0 nitrogen and oxygen atoms in total. The highest BCUT2D eigenvalue weighted by molar-refractivity contribution is 9.10. The molecule has 4 heteroatoms. The summed E-state index contributed by atoms with van der Waals surface area (Å²) in [5.74, 6) is -0.920. The third-order valence-corrected chi connectivity index (χ3v) is 3.21. The maximum absolute atomic E-state index is 13.1. The molecular formula is C8H8BrF2P. The third-order valence-electron chi connectivity index (χ3n) is 1.43. The van der Waals surface area contributed by atoms with Crippen molar-refractivity contribution in [2.45, 2.75) is 0 Å². The lowest BCUT2D eigenvalue weighted by Gasteiger charge is -2.08. The molecule has 0 heterocycles. The van der Waals surface area contributed by atoms with Crippen LogP contribution in [0.5, 0.6) is 0 Å². The molecular weight excluding hydrogens is 245 g/mol. The van der Waals surface area contributed by atoms with E-state index in [1.165, 1.54) is 12.1 Å². The summed E-state index contributed by atoms with van der Waals surface area (Å²) in [7, 11) is -0.720. The zero-order chi connectivity index (χ0) is 9.30. The van der Waals surface area contributed by atoms with Gasteiger partial charge in [-0.15, -0.1) is 0 Å². The molecule has 0 fully saturated rings. The van der Waals surface area contributed by atoms with Crippen LogP contribution in [0.25, 0.3) is 0 Å². The molecule has 1 aromatic rings. The van der Waals surface area contributed by atoms with Gasteiger partial charge in [-0.25, -0.2) is 8.78 Å². The number of halogens is 3. The first kappa shape index (κ1) is 10.1. The smallest absolute Gasteiger partial charge is 0.134 e. The quantitative estimate of drug-likeness (QED) is 0.674. The van der Waals surface area contributed by atoms with E-state index >= 15 is 0 Å². The van der Waals surface area contributed by atoms with Crippen LogP contribution in [-0.4, -0.2) is 13.3 Å². The predicted octanol–water partition coefficient (Wildman–Crippen LogP) is 3.09. The highest BCUT2D eigenvalue weighted by atomic mass is 79.9. The van der Waals surface area contributed by atoms with Crippen molar-refractivity contribution < 1.29 is 8.78 Å². The van der Waals surface area contributed by atoms with Crippen LogP contribution in [0.3, 0.4) is 0 Å². The van der Waals surface area contributed by atoms with Gasteiger partial charge in [-0.2, -0.15) is 0 Å². The van der Waals surface area contributed by atoms with Crippen LogP contribution >= 0.6 is 23.9 Å². The first-order valence-corrected chi connectivity index (χ1v) is 6.37. The Kier molecular flexibility index (Phi) is 3.19. The van der Waals surface area contributed by atoms with E-state index in [0.29, 0.717) is 4.47 Å². The van der Waals surface area contributed by atoms with Gasteiger partial charge in [0.15, 0.2) is 0 Å². The minimum atomic E-state index is -0.720. The summed E-state index contributed by atoms with van der Waals surface area (Å²) in [6, 6.07) is 2.58. The standard InChI is InChI=1S/C8H8BrF2P/c1-12(2)8-6(10)3-5(9)4-7(8)11/h3-4H,1-2H3. The highest BCUT2D eigenvalue weighted by Crippen LogP contribution is 2.28. The summed E-state index contributed by atoms with van der Waals surface area (Å²) in [6.07, 6.45) is 0. The Morgan fingerprint density at radius 1 is 1.17 bits per heavy atom. The number of hydrogen-bond donors (Lipinski definition) is 0. The fourth-order valence-electron chi connectivity index (χ4n) is 0.962. The largest absolute Gasteiger partial charge is 0.206 e. The lowest BCUT2D eigenvalue weighted by atomic mass is 10.3. The Labute approximate surface area is 79.9 Å². The van der Waals surface area contributed by atoms with Crippen molar-refractivity contribution in [2.24, 2.45) is 0 Å². The van der Waals surface area contributed by atoms with Gasteiger partial charge in [0, 0.05) is 9.78 Å². The first-order chi connectivity index (χ1) is 5.52. The maximum Gasteiger partial charge on any atom is 0.134 e. The van der Waals surface area contributed by atoms with Crippen LogP contribution in [0.2, 0.25) is 0 Å². The van der Waals surface area contributed by atoms with Crippen LogP contribution in [0.1, 0.15) is 0 Å². The van der Waals surface area contributed by atoms with Crippen molar-refractivity contribution in [3.05, 3.63) is 28.2 Å². The highest BCUT2D eigenvalue weighted by Gasteiger charge is 2.12. The van der Waals surface area contributed by atoms with Crippen molar-refractivity contribution in [2.75, 3.05) is 13.3 Å². The Morgan fingerprint density at radius 3 is 1.92 bits per heavy atom. The minimum absolute atomic E-state index is 0.216. The second-order valence-corrected chi connectivity index (χ2v) is 5.76. The zero-order valence-electron chi connectivity index (χ0n) is 6.74. The zero-order valence-corrected chi connectivity index (χ0v) is 9.22. The molecule has 0 saturated heterocycles. The number of benzene rings is 1. The molecule has 0 spiro atoms. The van der Waals surface area contributed by atoms with Gasteiger partial charge in [0.25, 0.3) is 0 Å². The van der Waals surface area contributed by atoms with Crippen LogP contribution in [0.4, 0.5) is 8.78 Å². The Hall–Kier alpha value is -0.0100. The molecule has 0 aliphatic heterocycles. The van der Waals surface area contributed by atoms with E-state index in [9.17, 15) is 8.78 Å². The second kappa shape index (κ2) is 3.80. The van der Waals surface area contributed by atoms with E-state index in [1.807, 2.05) is 13.3 Å². The fourth-order valence-corrected chi connectivity index (χ4v) is 2.35. The summed E-state index contributed by atoms with van der Waals surface area (Å²) < 4.78 is 26.7. The van der Waals surface area contributed by atoms with Crippen molar-refractivity contribution in [1.82, 2.24) is 0 Å². The minimum Gasteiger partial charge on any atom is -0.206 e. The molecule has 0 aromatic heterocycles. The molecule has 0 aliphatic carbocycles. The summed E-state index contributed by atoms with van der Waals surface area (Å²) in [4.78, 5) is 0. The summed E-state index contributed by atoms with van der Waals surface area (Å²) in [6.45, 7) is 3.65. The lowest BCUT2D eigenvalue weighted by Crippen LogP contribution is -2.10. The Morgan fingerprint density at radius 2 is 1.58 bits per heavy atom. The van der Waals surface area contributed by atoms with Gasteiger partial charge >= 0.3 is 0 Å². The normalized spacial score (nSPS) is 10.8. The summed E-state index contributed by atoms with van der Waals surface area (Å²) in [5, 5.41) is 0.216. The predicted molar refractivity (Wildman–Crippen MR) is 52.5 cm³/mol. The van der Waals surface area contributed by atoms with E-state index < -0.39 is 19.6 Å². The topological polar surface area (TPSA) is 0 Å². The molecule has 12 heavy (non-hydrogen) atoms. The van der Waals surface area contributed by atoms with Gasteiger partial charge in [-0.05, 0) is 25.5 Å². The van der Waals surface area contributed by atoms with Gasteiger partial charge in [0.2, 0.25) is 0 Å².